The Morgan fingerprint density at radius 2 is 2.00 bits per heavy atom. The quantitative estimate of drug-likeness (QED) is 0.693. The van der Waals surface area contributed by atoms with E-state index in [2.05, 4.69) is 15.3 Å². The fourth-order valence-electron chi connectivity index (χ4n) is 3.39. The van der Waals surface area contributed by atoms with Gasteiger partial charge in [0.1, 0.15) is 5.82 Å². The minimum atomic E-state index is -0.740. The van der Waals surface area contributed by atoms with Crippen LogP contribution in [0.4, 0.5) is 5.82 Å². The first kappa shape index (κ1) is 17.0. The number of rotatable bonds is 3. The van der Waals surface area contributed by atoms with Crippen LogP contribution < -0.4 is 26.0 Å². The number of esters is 1. The lowest BCUT2D eigenvalue weighted by atomic mass is 9.82. The molecule has 2 aliphatic heterocycles. The molecule has 1 unspecified atom stereocenters. The summed E-state index contributed by atoms with van der Waals surface area (Å²) in [5, 5.41) is 2.93. The van der Waals surface area contributed by atoms with E-state index in [4.69, 9.17) is 14.2 Å². The number of carbonyl (C=O) groups excluding carboxylic acids is 1. The van der Waals surface area contributed by atoms with Gasteiger partial charge in [-0.3, -0.25) is 14.8 Å². The van der Waals surface area contributed by atoms with Crippen LogP contribution in [-0.4, -0.2) is 29.3 Å². The third-order valence-electron chi connectivity index (χ3n) is 4.50. The fraction of sp³-hybridized carbons (Fsp3) is 0.278. The lowest BCUT2D eigenvalue weighted by molar-refractivity contribution is -0.138. The molecule has 1 aromatic carbocycles. The molecule has 9 nitrogen and oxygen atoms in total. The highest BCUT2D eigenvalue weighted by Gasteiger charge is 2.36. The van der Waals surface area contributed by atoms with Crippen molar-refractivity contribution in [2.24, 2.45) is 0 Å². The van der Waals surface area contributed by atoms with Crippen molar-refractivity contribution in [1.29, 1.82) is 0 Å². The zero-order valence-electron chi connectivity index (χ0n) is 14.7. The van der Waals surface area contributed by atoms with Gasteiger partial charge in [-0.05, 0) is 31.5 Å². The fourth-order valence-corrected chi connectivity index (χ4v) is 3.39. The molecule has 140 valence electrons. The summed E-state index contributed by atoms with van der Waals surface area (Å²) in [5.74, 6) is 0.0738. The Bertz CT molecular complexity index is 1080. The average Bonchev–Trinajstić information content (AvgIpc) is 3.07. The molecule has 27 heavy (non-hydrogen) atoms. The molecule has 0 radical (unpaired) electrons. The second-order valence-electron chi connectivity index (χ2n) is 6.13. The number of fused-ring (bicyclic) bond motifs is 2. The van der Waals surface area contributed by atoms with Gasteiger partial charge in [0.15, 0.2) is 11.5 Å². The molecule has 0 bridgehead atoms. The van der Waals surface area contributed by atoms with Crippen molar-refractivity contribution >= 4 is 11.8 Å². The Morgan fingerprint density at radius 1 is 1.22 bits per heavy atom. The van der Waals surface area contributed by atoms with Gasteiger partial charge in [-0.15, -0.1) is 0 Å². The van der Waals surface area contributed by atoms with Crippen LogP contribution in [0, 0.1) is 0 Å². The molecule has 9 heteroatoms. The van der Waals surface area contributed by atoms with E-state index in [-0.39, 0.29) is 24.8 Å². The minimum Gasteiger partial charge on any atom is -0.463 e. The molecule has 1 atom stereocenters. The molecule has 3 heterocycles. The molecule has 0 fully saturated rings. The van der Waals surface area contributed by atoms with Crippen molar-refractivity contribution in [3.63, 3.8) is 0 Å². The Balaban J connectivity index is 1.95. The molecular weight excluding hydrogens is 354 g/mol. The molecule has 2 aliphatic rings. The number of anilines is 1. The molecular formula is C18H17N3O6. The normalized spacial score (nSPS) is 17.3. The second-order valence-corrected chi connectivity index (χ2v) is 6.13. The first-order valence-corrected chi connectivity index (χ1v) is 8.40. The molecule has 2 aromatic rings. The summed E-state index contributed by atoms with van der Waals surface area (Å²) in [7, 11) is 0. The molecule has 0 spiro atoms. The van der Waals surface area contributed by atoms with Gasteiger partial charge in [-0.2, -0.15) is 0 Å². The Labute approximate surface area is 153 Å². The standard InChI is InChI=1S/C18H17N3O6/c1-3-25-17(23)12-8(2)19-15-14(16(22)21-18(24)20-15)13(12)9-4-5-10-11(6-9)27-7-26-10/h4-6,13H,3,7H2,1-2H3,(H3,19,20,21,22,24). The van der Waals surface area contributed by atoms with Gasteiger partial charge in [0, 0.05) is 5.70 Å². The maximum atomic E-state index is 12.7. The highest BCUT2D eigenvalue weighted by atomic mass is 16.7. The van der Waals surface area contributed by atoms with Crippen molar-refractivity contribution in [1.82, 2.24) is 9.97 Å². The van der Waals surface area contributed by atoms with Gasteiger partial charge in [-0.1, -0.05) is 6.07 Å². The number of hydrogen-bond donors (Lipinski definition) is 3. The highest BCUT2D eigenvalue weighted by Crippen LogP contribution is 2.42. The second kappa shape index (κ2) is 6.35. The van der Waals surface area contributed by atoms with Gasteiger partial charge >= 0.3 is 11.7 Å². The third kappa shape index (κ3) is 2.77. The van der Waals surface area contributed by atoms with Crippen LogP contribution >= 0.6 is 0 Å². The van der Waals surface area contributed by atoms with Crippen LogP contribution in [0.25, 0.3) is 0 Å². The van der Waals surface area contributed by atoms with Crippen LogP contribution in [0.5, 0.6) is 11.5 Å². The lowest BCUT2D eigenvalue weighted by Gasteiger charge is -2.28. The molecule has 4 rings (SSSR count). The van der Waals surface area contributed by atoms with E-state index in [1.165, 1.54) is 0 Å². The Hall–Kier alpha value is -3.49. The highest BCUT2D eigenvalue weighted by molar-refractivity contribution is 5.94. The summed E-state index contributed by atoms with van der Waals surface area (Å²) in [4.78, 5) is 41.7. The largest absolute Gasteiger partial charge is 0.463 e. The maximum Gasteiger partial charge on any atom is 0.336 e. The Kier molecular flexibility index (Phi) is 3.98. The molecule has 1 aromatic heterocycles. The predicted molar refractivity (Wildman–Crippen MR) is 95.0 cm³/mol. The molecule has 0 saturated carbocycles. The van der Waals surface area contributed by atoms with E-state index < -0.39 is 23.1 Å². The summed E-state index contributed by atoms with van der Waals surface area (Å²) >= 11 is 0. The number of aromatic amines is 2. The van der Waals surface area contributed by atoms with Crippen molar-refractivity contribution in [3.05, 3.63) is 61.4 Å². The van der Waals surface area contributed by atoms with Crippen molar-refractivity contribution in [2.75, 3.05) is 18.7 Å². The number of benzene rings is 1. The van der Waals surface area contributed by atoms with E-state index >= 15 is 0 Å². The van der Waals surface area contributed by atoms with E-state index in [1.807, 2.05) is 0 Å². The van der Waals surface area contributed by atoms with Gasteiger partial charge < -0.3 is 19.5 Å². The number of nitrogens with one attached hydrogen (secondary N) is 3. The number of aromatic nitrogens is 2. The van der Waals surface area contributed by atoms with Gasteiger partial charge in [-0.25, -0.2) is 9.59 Å². The molecule has 0 amide bonds. The monoisotopic (exact) mass is 371 g/mol. The van der Waals surface area contributed by atoms with Crippen LogP contribution in [0.3, 0.4) is 0 Å². The molecule has 0 saturated heterocycles. The number of ether oxygens (including phenoxy) is 3. The zero-order valence-corrected chi connectivity index (χ0v) is 14.7. The van der Waals surface area contributed by atoms with E-state index in [0.29, 0.717) is 28.3 Å². The van der Waals surface area contributed by atoms with Crippen molar-refractivity contribution in [3.8, 4) is 11.5 Å². The average molecular weight is 371 g/mol. The summed E-state index contributed by atoms with van der Waals surface area (Å²) in [5.41, 5.74) is 0.427. The van der Waals surface area contributed by atoms with Gasteiger partial charge in [0.2, 0.25) is 6.79 Å². The summed E-state index contributed by atoms with van der Waals surface area (Å²) in [6.45, 7) is 3.69. The predicted octanol–water partition coefficient (Wildman–Crippen LogP) is 1.19. The maximum absolute atomic E-state index is 12.7. The van der Waals surface area contributed by atoms with E-state index in [1.54, 1.807) is 32.0 Å². The number of H-pyrrole nitrogens is 2. The van der Waals surface area contributed by atoms with Gasteiger partial charge in [0.25, 0.3) is 5.56 Å². The number of allylic oxidation sites excluding steroid dienone is 1. The molecule has 0 aliphatic carbocycles. The number of carbonyl (C=O) groups is 1. The third-order valence-corrected chi connectivity index (χ3v) is 4.50. The van der Waals surface area contributed by atoms with Crippen molar-refractivity contribution < 1.29 is 19.0 Å². The van der Waals surface area contributed by atoms with Crippen LogP contribution in [0.1, 0.15) is 30.9 Å². The summed E-state index contributed by atoms with van der Waals surface area (Å²) in [6.07, 6.45) is 0. The molecule has 3 N–H and O–H groups in total. The lowest BCUT2D eigenvalue weighted by Crippen LogP contribution is -2.35. The first-order valence-electron chi connectivity index (χ1n) is 8.40. The SMILES string of the molecule is CCOC(=O)C1=C(C)Nc2[nH]c(=O)[nH]c(=O)c2C1c1ccc2c(c1)OCO2. The smallest absolute Gasteiger partial charge is 0.336 e. The van der Waals surface area contributed by atoms with Crippen LogP contribution in [-0.2, 0) is 9.53 Å². The number of hydrogen-bond acceptors (Lipinski definition) is 7. The van der Waals surface area contributed by atoms with Gasteiger partial charge in [0.05, 0.1) is 23.7 Å². The first-order chi connectivity index (χ1) is 13.0. The van der Waals surface area contributed by atoms with E-state index in [9.17, 15) is 14.4 Å². The summed E-state index contributed by atoms with van der Waals surface area (Å²) in [6, 6.07) is 5.20. The van der Waals surface area contributed by atoms with Crippen LogP contribution in [0.15, 0.2) is 39.1 Å². The topological polar surface area (TPSA) is 123 Å². The minimum absolute atomic E-state index is 0.106. The Morgan fingerprint density at radius 3 is 2.78 bits per heavy atom. The zero-order chi connectivity index (χ0) is 19.1. The van der Waals surface area contributed by atoms with Crippen molar-refractivity contribution in [2.45, 2.75) is 19.8 Å². The van der Waals surface area contributed by atoms with Crippen LogP contribution in [0.2, 0.25) is 0 Å². The summed E-state index contributed by atoms with van der Waals surface area (Å²) < 4.78 is 16.0. The van der Waals surface area contributed by atoms with E-state index in [0.717, 1.165) is 0 Å².